The number of aromatic nitrogens is 2. The van der Waals surface area contributed by atoms with Crippen molar-refractivity contribution in [1.82, 2.24) is 9.97 Å². The van der Waals surface area contributed by atoms with Crippen LogP contribution < -0.4 is 11.3 Å². The van der Waals surface area contributed by atoms with Crippen molar-refractivity contribution in [2.24, 2.45) is 5.84 Å². The van der Waals surface area contributed by atoms with Crippen LogP contribution in [0.5, 0.6) is 0 Å². The highest BCUT2D eigenvalue weighted by Crippen LogP contribution is 2.33. The number of nitrogens with zero attached hydrogens (tertiary/aromatic N) is 2. The molecule has 0 unspecified atom stereocenters. The standard InChI is InChI=1S/C9H13BrN4OS/c10-7-5-12-9(14-11)13-8(7)16-6-1-3-15-4-2-6/h5-6H,1-4,11H2,(H,12,13,14). The number of halogens is 1. The van der Waals surface area contributed by atoms with E-state index in [-0.39, 0.29) is 0 Å². The van der Waals surface area contributed by atoms with Gasteiger partial charge >= 0.3 is 0 Å². The molecule has 0 bridgehead atoms. The second-order valence-electron chi connectivity index (χ2n) is 3.42. The number of anilines is 1. The van der Waals surface area contributed by atoms with Crippen molar-refractivity contribution in [3.8, 4) is 0 Å². The van der Waals surface area contributed by atoms with Crippen molar-refractivity contribution in [3.05, 3.63) is 10.7 Å². The zero-order valence-corrected chi connectivity index (χ0v) is 11.1. The third kappa shape index (κ3) is 3.07. The van der Waals surface area contributed by atoms with E-state index in [1.807, 2.05) is 0 Å². The number of ether oxygens (including phenoxy) is 1. The topological polar surface area (TPSA) is 73.1 Å². The van der Waals surface area contributed by atoms with Crippen molar-refractivity contribution >= 4 is 33.6 Å². The summed E-state index contributed by atoms with van der Waals surface area (Å²) >= 11 is 5.19. The van der Waals surface area contributed by atoms with Gasteiger partial charge in [-0.3, -0.25) is 5.43 Å². The molecule has 2 rings (SSSR count). The van der Waals surface area contributed by atoms with Gasteiger partial charge in [-0.2, -0.15) is 0 Å². The number of hydrogen-bond acceptors (Lipinski definition) is 6. The number of thioether (sulfide) groups is 1. The third-order valence-corrected chi connectivity index (χ3v) is 4.47. The highest BCUT2D eigenvalue weighted by atomic mass is 79.9. The normalized spacial score (nSPS) is 17.4. The molecule has 0 atom stereocenters. The molecule has 1 aliphatic heterocycles. The minimum atomic E-state index is 0.442. The Morgan fingerprint density at radius 3 is 2.94 bits per heavy atom. The number of hydrazine groups is 1. The molecular formula is C9H13BrN4OS. The van der Waals surface area contributed by atoms with E-state index in [0.717, 1.165) is 35.6 Å². The van der Waals surface area contributed by atoms with E-state index in [1.54, 1.807) is 18.0 Å². The lowest BCUT2D eigenvalue weighted by Crippen LogP contribution is -2.18. The van der Waals surface area contributed by atoms with Gasteiger partial charge in [0.15, 0.2) is 0 Å². The van der Waals surface area contributed by atoms with Gasteiger partial charge in [-0.25, -0.2) is 15.8 Å². The van der Waals surface area contributed by atoms with Crippen LogP contribution >= 0.6 is 27.7 Å². The third-order valence-electron chi connectivity index (χ3n) is 2.29. The maximum atomic E-state index is 5.32. The summed E-state index contributed by atoms with van der Waals surface area (Å²) in [5, 5.41) is 1.49. The molecule has 0 amide bonds. The summed E-state index contributed by atoms with van der Waals surface area (Å²) in [6.07, 6.45) is 3.84. The van der Waals surface area contributed by atoms with Crippen LogP contribution in [-0.2, 0) is 4.74 Å². The SMILES string of the molecule is NNc1ncc(Br)c(SC2CCOCC2)n1. The molecule has 16 heavy (non-hydrogen) atoms. The Balaban J connectivity index is 2.06. The average molecular weight is 305 g/mol. The summed E-state index contributed by atoms with van der Waals surface area (Å²) in [6.45, 7) is 1.67. The molecule has 0 aliphatic carbocycles. The molecule has 1 aromatic heterocycles. The zero-order chi connectivity index (χ0) is 11.4. The molecule has 88 valence electrons. The number of hydrogen-bond donors (Lipinski definition) is 2. The number of nitrogen functional groups attached to an aromatic ring is 1. The minimum Gasteiger partial charge on any atom is -0.381 e. The predicted molar refractivity (Wildman–Crippen MR) is 67.2 cm³/mol. The van der Waals surface area contributed by atoms with Crippen LogP contribution in [0.3, 0.4) is 0 Å². The first-order valence-electron chi connectivity index (χ1n) is 5.03. The van der Waals surface area contributed by atoms with E-state index >= 15 is 0 Å². The number of nitrogens with one attached hydrogen (secondary N) is 1. The van der Waals surface area contributed by atoms with Crippen molar-refractivity contribution in [1.29, 1.82) is 0 Å². The fourth-order valence-corrected chi connectivity index (χ4v) is 2.98. The summed E-state index contributed by atoms with van der Waals surface area (Å²) in [4.78, 5) is 8.33. The molecule has 3 N–H and O–H groups in total. The van der Waals surface area contributed by atoms with Crippen molar-refractivity contribution in [2.45, 2.75) is 23.1 Å². The molecule has 7 heteroatoms. The summed E-state index contributed by atoms with van der Waals surface area (Å²) < 4.78 is 6.23. The second-order valence-corrected chi connectivity index (χ2v) is 5.56. The largest absolute Gasteiger partial charge is 0.381 e. The predicted octanol–water partition coefficient (Wildman–Crippen LogP) is 1.80. The van der Waals surface area contributed by atoms with E-state index < -0.39 is 0 Å². The van der Waals surface area contributed by atoms with Crippen LogP contribution in [0.2, 0.25) is 0 Å². The second kappa shape index (κ2) is 5.81. The molecule has 1 aromatic rings. The molecule has 0 aromatic carbocycles. The Morgan fingerprint density at radius 1 is 1.50 bits per heavy atom. The van der Waals surface area contributed by atoms with Gasteiger partial charge < -0.3 is 4.74 Å². The van der Waals surface area contributed by atoms with Crippen LogP contribution in [0, 0.1) is 0 Å². The first-order valence-corrected chi connectivity index (χ1v) is 6.70. The average Bonchev–Trinajstić information content (AvgIpc) is 2.33. The Bertz CT molecular complexity index is 359. The molecule has 0 spiro atoms. The lowest BCUT2D eigenvalue weighted by atomic mass is 10.2. The molecule has 1 aliphatic rings. The van der Waals surface area contributed by atoms with Crippen LogP contribution in [0.15, 0.2) is 15.7 Å². The quantitative estimate of drug-likeness (QED) is 0.504. The highest BCUT2D eigenvalue weighted by molar-refractivity contribution is 9.10. The lowest BCUT2D eigenvalue weighted by molar-refractivity contribution is 0.1000. The van der Waals surface area contributed by atoms with Gasteiger partial charge in [0.2, 0.25) is 5.95 Å². The van der Waals surface area contributed by atoms with Crippen LogP contribution in [0.4, 0.5) is 5.95 Å². The van der Waals surface area contributed by atoms with Crippen molar-refractivity contribution < 1.29 is 4.74 Å². The first kappa shape index (κ1) is 12.1. The Labute approximate surface area is 107 Å². The minimum absolute atomic E-state index is 0.442. The summed E-state index contributed by atoms with van der Waals surface area (Å²) in [6, 6.07) is 0. The molecule has 0 saturated carbocycles. The van der Waals surface area contributed by atoms with Crippen LogP contribution in [-0.4, -0.2) is 28.4 Å². The zero-order valence-electron chi connectivity index (χ0n) is 8.65. The fraction of sp³-hybridized carbons (Fsp3) is 0.556. The van der Waals surface area contributed by atoms with Crippen LogP contribution in [0.1, 0.15) is 12.8 Å². The lowest BCUT2D eigenvalue weighted by Gasteiger charge is -2.21. The van der Waals surface area contributed by atoms with Gasteiger partial charge in [-0.05, 0) is 28.8 Å². The number of rotatable bonds is 3. The highest BCUT2D eigenvalue weighted by Gasteiger charge is 2.17. The summed E-state index contributed by atoms with van der Waals surface area (Å²) in [7, 11) is 0. The van der Waals surface area contributed by atoms with Crippen molar-refractivity contribution in [2.75, 3.05) is 18.6 Å². The Morgan fingerprint density at radius 2 is 2.25 bits per heavy atom. The smallest absolute Gasteiger partial charge is 0.238 e. The van der Waals surface area contributed by atoms with Crippen molar-refractivity contribution in [3.63, 3.8) is 0 Å². The molecule has 1 saturated heterocycles. The van der Waals surface area contributed by atoms with E-state index in [0.29, 0.717) is 11.2 Å². The van der Waals surface area contributed by atoms with Gasteiger partial charge in [0.05, 0.1) is 4.47 Å². The van der Waals surface area contributed by atoms with E-state index in [9.17, 15) is 0 Å². The molecule has 1 fully saturated rings. The van der Waals surface area contributed by atoms with Gasteiger partial charge in [-0.15, -0.1) is 11.8 Å². The van der Waals surface area contributed by atoms with Crippen LogP contribution in [0.25, 0.3) is 0 Å². The summed E-state index contributed by atoms with van der Waals surface area (Å²) in [5.41, 5.74) is 2.45. The van der Waals surface area contributed by atoms with Gasteiger partial charge in [0.1, 0.15) is 5.03 Å². The fourth-order valence-electron chi connectivity index (χ4n) is 1.46. The Hall–Kier alpha value is -0.370. The van der Waals surface area contributed by atoms with Gasteiger partial charge in [0, 0.05) is 24.7 Å². The van der Waals surface area contributed by atoms with E-state index in [2.05, 4.69) is 31.3 Å². The Kier molecular flexibility index (Phi) is 4.39. The first-order chi connectivity index (χ1) is 7.79. The monoisotopic (exact) mass is 304 g/mol. The van der Waals surface area contributed by atoms with Gasteiger partial charge in [0.25, 0.3) is 0 Å². The van der Waals surface area contributed by atoms with Gasteiger partial charge in [-0.1, -0.05) is 0 Å². The molecule has 0 radical (unpaired) electrons. The number of nitrogens with two attached hydrogens (primary N) is 1. The maximum absolute atomic E-state index is 5.32. The maximum Gasteiger partial charge on any atom is 0.238 e. The molecule has 2 heterocycles. The summed E-state index contributed by atoms with van der Waals surface area (Å²) in [5.74, 6) is 5.72. The van der Waals surface area contributed by atoms with E-state index in [4.69, 9.17) is 10.6 Å². The molecule has 5 nitrogen and oxygen atoms in total. The van der Waals surface area contributed by atoms with E-state index in [1.165, 1.54) is 0 Å². The molecular weight excluding hydrogens is 292 g/mol.